The number of rotatable bonds is 2. The summed E-state index contributed by atoms with van der Waals surface area (Å²) >= 11 is 6.24. The fraction of sp³-hybridized carbons (Fsp3) is 0.412. The summed E-state index contributed by atoms with van der Waals surface area (Å²) in [5, 5.41) is 4.95. The van der Waals surface area contributed by atoms with E-state index in [2.05, 4.69) is 25.9 Å². The van der Waals surface area contributed by atoms with Crippen LogP contribution in [0.2, 0.25) is 5.02 Å². The SMILES string of the molecule is CC(C)(C)c1ccc(=O)n(Cc2cc(Cl)c3c(c2)OCCO3)n1. The molecule has 0 amide bonds. The van der Waals surface area contributed by atoms with Gasteiger partial charge in [-0.05, 0) is 23.8 Å². The number of hydrogen-bond acceptors (Lipinski definition) is 4. The number of fused-ring (bicyclic) bond motifs is 1. The van der Waals surface area contributed by atoms with Gasteiger partial charge in [0.1, 0.15) is 13.2 Å². The van der Waals surface area contributed by atoms with E-state index in [1.807, 2.05) is 6.07 Å². The standard InChI is InChI=1S/C17H19ClN2O3/c1-17(2,3)14-4-5-15(21)20(19-14)10-11-8-12(18)16-13(9-11)22-6-7-23-16/h4-5,8-9H,6-7,10H2,1-3H3. The van der Waals surface area contributed by atoms with Crippen molar-refractivity contribution >= 4 is 11.6 Å². The number of benzene rings is 1. The van der Waals surface area contributed by atoms with E-state index in [1.165, 1.54) is 4.68 Å². The highest BCUT2D eigenvalue weighted by atomic mass is 35.5. The summed E-state index contributed by atoms with van der Waals surface area (Å²) in [7, 11) is 0. The van der Waals surface area contributed by atoms with Gasteiger partial charge in [0.25, 0.3) is 5.56 Å². The molecule has 122 valence electrons. The van der Waals surface area contributed by atoms with Gasteiger partial charge in [-0.2, -0.15) is 5.10 Å². The van der Waals surface area contributed by atoms with Gasteiger partial charge in [0.15, 0.2) is 11.5 Å². The Morgan fingerprint density at radius 3 is 2.70 bits per heavy atom. The lowest BCUT2D eigenvalue weighted by molar-refractivity contribution is 0.171. The maximum atomic E-state index is 12.1. The first-order valence-electron chi connectivity index (χ1n) is 7.51. The van der Waals surface area contributed by atoms with Crippen LogP contribution in [0, 0.1) is 0 Å². The molecule has 0 aliphatic carbocycles. The van der Waals surface area contributed by atoms with E-state index >= 15 is 0 Å². The molecule has 0 saturated carbocycles. The van der Waals surface area contributed by atoms with Crippen LogP contribution in [-0.4, -0.2) is 23.0 Å². The zero-order valence-corrected chi connectivity index (χ0v) is 14.2. The molecule has 0 fully saturated rings. The quantitative estimate of drug-likeness (QED) is 0.847. The summed E-state index contributed by atoms with van der Waals surface area (Å²) in [5.74, 6) is 1.17. The average molecular weight is 335 g/mol. The van der Waals surface area contributed by atoms with Gasteiger partial charge in [-0.15, -0.1) is 0 Å². The van der Waals surface area contributed by atoms with Crippen LogP contribution in [0.1, 0.15) is 32.0 Å². The van der Waals surface area contributed by atoms with Gasteiger partial charge in [-0.3, -0.25) is 4.79 Å². The van der Waals surface area contributed by atoms with E-state index in [-0.39, 0.29) is 11.0 Å². The van der Waals surface area contributed by atoms with Crippen LogP contribution < -0.4 is 15.0 Å². The average Bonchev–Trinajstić information content (AvgIpc) is 2.48. The van der Waals surface area contributed by atoms with Gasteiger partial charge < -0.3 is 9.47 Å². The van der Waals surface area contributed by atoms with Gasteiger partial charge in [0.2, 0.25) is 0 Å². The third-order valence-electron chi connectivity index (χ3n) is 3.62. The van der Waals surface area contributed by atoms with Crippen LogP contribution in [-0.2, 0) is 12.0 Å². The topological polar surface area (TPSA) is 53.4 Å². The molecule has 0 unspecified atom stereocenters. The molecule has 0 saturated heterocycles. The predicted molar refractivity (Wildman–Crippen MR) is 88.7 cm³/mol. The zero-order chi connectivity index (χ0) is 16.6. The normalized spacial score (nSPS) is 13.9. The first kappa shape index (κ1) is 15.9. The number of nitrogens with zero attached hydrogens (tertiary/aromatic N) is 2. The lowest BCUT2D eigenvalue weighted by Crippen LogP contribution is -2.27. The maximum Gasteiger partial charge on any atom is 0.267 e. The van der Waals surface area contributed by atoms with Crippen LogP contribution >= 0.6 is 11.6 Å². The van der Waals surface area contributed by atoms with E-state index < -0.39 is 0 Å². The summed E-state index contributed by atoms with van der Waals surface area (Å²) in [4.78, 5) is 12.1. The van der Waals surface area contributed by atoms with Crippen molar-refractivity contribution in [2.75, 3.05) is 13.2 Å². The molecule has 3 rings (SSSR count). The molecule has 1 aromatic carbocycles. The molecule has 0 N–H and O–H groups in total. The fourth-order valence-electron chi connectivity index (χ4n) is 2.39. The number of ether oxygens (including phenoxy) is 2. The second-order valence-corrected chi connectivity index (χ2v) is 6.97. The lowest BCUT2D eigenvalue weighted by atomic mass is 9.92. The van der Waals surface area contributed by atoms with Crippen LogP contribution in [0.3, 0.4) is 0 Å². The van der Waals surface area contributed by atoms with Crippen molar-refractivity contribution in [3.8, 4) is 11.5 Å². The highest BCUT2D eigenvalue weighted by Crippen LogP contribution is 2.38. The van der Waals surface area contributed by atoms with Crippen LogP contribution in [0.15, 0.2) is 29.1 Å². The highest BCUT2D eigenvalue weighted by Gasteiger charge is 2.19. The van der Waals surface area contributed by atoms with Crippen molar-refractivity contribution in [2.45, 2.75) is 32.7 Å². The molecule has 0 spiro atoms. The van der Waals surface area contributed by atoms with Crippen molar-refractivity contribution < 1.29 is 9.47 Å². The molecule has 1 aliphatic rings. The van der Waals surface area contributed by atoms with E-state index in [1.54, 1.807) is 18.2 Å². The minimum atomic E-state index is -0.149. The Kier molecular flexibility index (Phi) is 4.06. The Bertz CT molecular complexity index is 793. The molecule has 0 atom stereocenters. The molecule has 0 bridgehead atoms. The van der Waals surface area contributed by atoms with E-state index in [0.717, 1.165) is 11.3 Å². The Morgan fingerprint density at radius 2 is 1.96 bits per heavy atom. The second-order valence-electron chi connectivity index (χ2n) is 6.57. The minimum Gasteiger partial charge on any atom is -0.486 e. The molecular weight excluding hydrogens is 316 g/mol. The molecule has 2 heterocycles. The third kappa shape index (κ3) is 3.34. The molecule has 5 nitrogen and oxygen atoms in total. The van der Waals surface area contributed by atoms with Gasteiger partial charge >= 0.3 is 0 Å². The van der Waals surface area contributed by atoms with Crippen molar-refractivity contribution in [3.63, 3.8) is 0 Å². The molecule has 23 heavy (non-hydrogen) atoms. The predicted octanol–water partition coefficient (Wildman–Crippen LogP) is 3.01. The van der Waals surface area contributed by atoms with Crippen molar-refractivity contribution in [1.29, 1.82) is 0 Å². The van der Waals surface area contributed by atoms with Crippen LogP contribution in [0.5, 0.6) is 11.5 Å². The van der Waals surface area contributed by atoms with Gasteiger partial charge in [0.05, 0.1) is 17.3 Å². The monoisotopic (exact) mass is 334 g/mol. The highest BCUT2D eigenvalue weighted by molar-refractivity contribution is 6.32. The molecule has 0 radical (unpaired) electrons. The first-order chi connectivity index (χ1) is 10.8. The van der Waals surface area contributed by atoms with E-state index in [4.69, 9.17) is 21.1 Å². The smallest absolute Gasteiger partial charge is 0.267 e. The van der Waals surface area contributed by atoms with Gasteiger partial charge in [0, 0.05) is 11.5 Å². The molecule has 6 heteroatoms. The fourth-order valence-corrected chi connectivity index (χ4v) is 2.68. The first-order valence-corrected chi connectivity index (χ1v) is 7.89. The number of halogens is 1. The summed E-state index contributed by atoms with van der Waals surface area (Å²) in [5.41, 5.74) is 1.43. The van der Waals surface area contributed by atoms with Crippen molar-refractivity contribution in [3.05, 3.63) is 50.9 Å². The maximum absolute atomic E-state index is 12.1. The van der Waals surface area contributed by atoms with Crippen molar-refractivity contribution in [2.24, 2.45) is 0 Å². The Balaban J connectivity index is 1.96. The molecule has 1 aromatic heterocycles. The van der Waals surface area contributed by atoms with Gasteiger partial charge in [-0.25, -0.2) is 4.68 Å². The Morgan fingerprint density at radius 1 is 1.22 bits per heavy atom. The Hall–Kier alpha value is -2.01. The molecular formula is C17H19ClN2O3. The summed E-state index contributed by atoms with van der Waals surface area (Å²) in [6.07, 6.45) is 0. The molecule has 1 aliphatic heterocycles. The second kappa shape index (κ2) is 5.89. The third-order valence-corrected chi connectivity index (χ3v) is 3.90. The molecule has 2 aromatic rings. The minimum absolute atomic E-state index is 0.125. The zero-order valence-electron chi connectivity index (χ0n) is 13.4. The Labute approximate surface area is 139 Å². The van der Waals surface area contributed by atoms with E-state index in [0.29, 0.717) is 36.3 Å². The number of aromatic nitrogens is 2. The summed E-state index contributed by atoms with van der Waals surface area (Å²) < 4.78 is 12.5. The number of hydrogen-bond donors (Lipinski definition) is 0. The van der Waals surface area contributed by atoms with E-state index in [9.17, 15) is 4.79 Å². The summed E-state index contributed by atoms with van der Waals surface area (Å²) in [6, 6.07) is 6.95. The largest absolute Gasteiger partial charge is 0.486 e. The van der Waals surface area contributed by atoms with Gasteiger partial charge in [-0.1, -0.05) is 32.4 Å². The lowest BCUT2D eigenvalue weighted by Gasteiger charge is -2.21. The van der Waals surface area contributed by atoms with Crippen molar-refractivity contribution in [1.82, 2.24) is 9.78 Å². The van der Waals surface area contributed by atoms with Crippen LogP contribution in [0.25, 0.3) is 0 Å². The summed E-state index contributed by atoms with van der Waals surface area (Å²) in [6.45, 7) is 7.49. The van der Waals surface area contributed by atoms with Crippen LogP contribution in [0.4, 0.5) is 0 Å².